The first-order valence-corrected chi connectivity index (χ1v) is 17.0. The van der Waals surface area contributed by atoms with Gasteiger partial charge < -0.3 is 14.7 Å². The van der Waals surface area contributed by atoms with Crippen LogP contribution in [0.2, 0.25) is 0 Å². The summed E-state index contributed by atoms with van der Waals surface area (Å²) in [5.41, 5.74) is 0.950. The SMILES string of the molecule is CCN(CC)CCN(CCCC(=O)N(C1CCCCC1)C1CCCCC1)C(=O)c1ccc(NS(C)(=O)=O)cc1. The van der Waals surface area contributed by atoms with Crippen molar-refractivity contribution in [3.8, 4) is 0 Å². The third kappa shape index (κ3) is 10.1. The number of rotatable bonds is 14. The zero-order chi connectivity index (χ0) is 28.3. The van der Waals surface area contributed by atoms with Gasteiger partial charge in [0.15, 0.2) is 0 Å². The Hall–Kier alpha value is -2.13. The molecule has 0 radical (unpaired) electrons. The average Bonchev–Trinajstić information content (AvgIpc) is 2.93. The summed E-state index contributed by atoms with van der Waals surface area (Å²) in [5.74, 6) is 0.179. The third-order valence-corrected chi connectivity index (χ3v) is 8.95. The van der Waals surface area contributed by atoms with Gasteiger partial charge in [-0.2, -0.15) is 0 Å². The maximum absolute atomic E-state index is 13.6. The largest absolute Gasteiger partial charge is 0.337 e. The third-order valence-electron chi connectivity index (χ3n) is 8.35. The molecule has 0 bridgehead atoms. The maximum atomic E-state index is 13.6. The molecular formula is C30H50N4O4S. The first kappa shape index (κ1) is 31.4. The monoisotopic (exact) mass is 562 g/mol. The number of carbonyl (C=O) groups is 2. The van der Waals surface area contributed by atoms with Crippen molar-refractivity contribution in [2.24, 2.45) is 0 Å². The Morgan fingerprint density at radius 3 is 1.85 bits per heavy atom. The summed E-state index contributed by atoms with van der Waals surface area (Å²) in [5, 5.41) is 0. The zero-order valence-corrected chi connectivity index (χ0v) is 25.2. The van der Waals surface area contributed by atoms with E-state index in [1.807, 2.05) is 4.90 Å². The predicted molar refractivity (Wildman–Crippen MR) is 158 cm³/mol. The van der Waals surface area contributed by atoms with E-state index >= 15 is 0 Å². The van der Waals surface area contributed by atoms with Gasteiger partial charge in [-0.3, -0.25) is 14.3 Å². The molecule has 0 spiro atoms. The Morgan fingerprint density at radius 2 is 1.36 bits per heavy atom. The summed E-state index contributed by atoms with van der Waals surface area (Å²) in [4.78, 5) is 33.6. The Balaban J connectivity index is 1.66. The summed E-state index contributed by atoms with van der Waals surface area (Å²) in [6, 6.07) is 7.33. The highest BCUT2D eigenvalue weighted by Gasteiger charge is 2.32. The lowest BCUT2D eigenvalue weighted by Crippen LogP contribution is -2.49. The van der Waals surface area contributed by atoms with Crippen molar-refractivity contribution in [1.29, 1.82) is 0 Å². The van der Waals surface area contributed by atoms with Crippen molar-refractivity contribution in [2.45, 2.75) is 103 Å². The highest BCUT2D eigenvalue weighted by atomic mass is 32.2. The van der Waals surface area contributed by atoms with Gasteiger partial charge in [0.1, 0.15) is 0 Å². The normalized spacial score (nSPS) is 17.2. The van der Waals surface area contributed by atoms with Crippen LogP contribution >= 0.6 is 0 Å². The Bertz CT molecular complexity index is 980. The molecule has 2 aliphatic carbocycles. The molecule has 1 aromatic carbocycles. The van der Waals surface area contributed by atoms with Gasteiger partial charge in [-0.15, -0.1) is 0 Å². The number of sulfonamides is 1. The molecule has 1 aromatic rings. The first-order chi connectivity index (χ1) is 18.7. The van der Waals surface area contributed by atoms with Crippen molar-refractivity contribution in [1.82, 2.24) is 14.7 Å². The number of nitrogens with one attached hydrogen (secondary N) is 1. The van der Waals surface area contributed by atoms with Crippen LogP contribution in [-0.2, 0) is 14.8 Å². The van der Waals surface area contributed by atoms with Crippen LogP contribution in [0.1, 0.15) is 101 Å². The molecule has 0 unspecified atom stereocenters. The molecule has 8 nitrogen and oxygen atoms in total. The minimum Gasteiger partial charge on any atom is -0.337 e. The Labute approximate surface area is 236 Å². The number of hydrogen-bond acceptors (Lipinski definition) is 5. The number of benzene rings is 1. The highest BCUT2D eigenvalue weighted by Crippen LogP contribution is 2.31. The molecule has 2 amide bonds. The molecular weight excluding hydrogens is 512 g/mol. The van der Waals surface area contributed by atoms with Gasteiger partial charge in [-0.25, -0.2) is 8.42 Å². The Kier molecular flexibility index (Phi) is 12.6. The van der Waals surface area contributed by atoms with Gasteiger partial charge >= 0.3 is 0 Å². The molecule has 220 valence electrons. The van der Waals surface area contributed by atoms with Gasteiger partial charge in [-0.05, 0) is 69.5 Å². The van der Waals surface area contributed by atoms with E-state index in [1.165, 1.54) is 38.5 Å². The topological polar surface area (TPSA) is 90.0 Å². The van der Waals surface area contributed by atoms with E-state index in [0.29, 0.717) is 49.3 Å². The quantitative estimate of drug-likeness (QED) is 0.340. The molecule has 1 N–H and O–H groups in total. The van der Waals surface area contributed by atoms with Crippen molar-refractivity contribution in [3.05, 3.63) is 29.8 Å². The van der Waals surface area contributed by atoms with E-state index in [2.05, 4.69) is 28.4 Å². The summed E-state index contributed by atoms with van der Waals surface area (Å²) in [7, 11) is -3.38. The van der Waals surface area contributed by atoms with Crippen molar-refractivity contribution in [3.63, 3.8) is 0 Å². The number of hydrogen-bond donors (Lipinski definition) is 1. The Morgan fingerprint density at radius 1 is 0.821 bits per heavy atom. The van der Waals surface area contributed by atoms with Gasteiger partial charge in [0, 0.05) is 49.4 Å². The van der Waals surface area contributed by atoms with Crippen molar-refractivity contribution in [2.75, 3.05) is 43.7 Å². The van der Waals surface area contributed by atoms with E-state index in [1.54, 1.807) is 24.3 Å². The molecule has 0 aromatic heterocycles. The van der Waals surface area contributed by atoms with Gasteiger partial charge in [0.05, 0.1) is 6.26 Å². The lowest BCUT2D eigenvalue weighted by atomic mass is 9.88. The van der Waals surface area contributed by atoms with Crippen LogP contribution in [0, 0.1) is 0 Å². The number of amides is 2. The van der Waals surface area contributed by atoms with E-state index in [0.717, 1.165) is 51.6 Å². The second kappa shape index (κ2) is 15.6. The standard InChI is InChI=1S/C30H50N4O4S/c1-4-32(5-2)23-24-33(30(36)25-18-20-26(21-19-25)31-39(3,37)38)22-12-17-29(35)34(27-13-8-6-9-14-27)28-15-10-7-11-16-28/h18-21,27-28,31H,4-17,22-24H2,1-3H3. The van der Waals surface area contributed by atoms with Crippen LogP contribution in [0.25, 0.3) is 0 Å². The fourth-order valence-electron chi connectivity index (χ4n) is 6.17. The van der Waals surface area contributed by atoms with Gasteiger partial charge in [0.25, 0.3) is 5.91 Å². The van der Waals surface area contributed by atoms with E-state index in [4.69, 9.17) is 0 Å². The van der Waals surface area contributed by atoms with Gasteiger partial charge in [-0.1, -0.05) is 52.4 Å². The highest BCUT2D eigenvalue weighted by molar-refractivity contribution is 7.92. The average molecular weight is 563 g/mol. The summed E-state index contributed by atoms with van der Waals surface area (Å²) < 4.78 is 25.5. The number of nitrogens with zero attached hydrogens (tertiary/aromatic N) is 3. The molecule has 9 heteroatoms. The molecule has 3 rings (SSSR count). The fraction of sp³-hybridized carbons (Fsp3) is 0.733. The summed E-state index contributed by atoms with van der Waals surface area (Å²) >= 11 is 0. The number of likely N-dealkylation sites (N-methyl/N-ethyl adjacent to an activating group) is 1. The summed E-state index contributed by atoms with van der Waals surface area (Å²) in [6.07, 6.45) is 14.1. The van der Waals surface area contributed by atoms with Crippen molar-refractivity contribution < 1.29 is 18.0 Å². The first-order valence-electron chi connectivity index (χ1n) is 15.1. The maximum Gasteiger partial charge on any atom is 0.253 e. The molecule has 2 fully saturated rings. The van der Waals surface area contributed by atoms with Crippen LogP contribution < -0.4 is 4.72 Å². The summed E-state index contributed by atoms with van der Waals surface area (Å²) in [6.45, 7) is 7.96. The smallest absolute Gasteiger partial charge is 0.253 e. The van der Waals surface area contributed by atoms with E-state index < -0.39 is 10.0 Å². The number of anilines is 1. The molecule has 39 heavy (non-hydrogen) atoms. The molecule has 0 heterocycles. The lowest BCUT2D eigenvalue weighted by Gasteiger charge is -2.42. The van der Waals surface area contributed by atoms with E-state index in [9.17, 15) is 18.0 Å². The lowest BCUT2D eigenvalue weighted by molar-refractivity contribution is -0.138. The molecule has 2 saturated carbocycles. The van der Waals surface area contributed by atoms with Crippen molar-refractivity contribution >= 4 is 27.5 Å². The van der Waals surface area contributed by atoms with Crippen LogP contribution in [0.15, 0.2) is 24.3 Å². The fourth-order valence-corrected chi connectivity index (χ4v) is 6.73. The second-order valence-electron chi connectivity index (χ2n) is 11.3. The van der Waals surface area contributed by atoms with Crippen LogP contribution in [-0.4, -0.2) is 86.0 Å². The second-order valence-corrected chi connectivity index (χ2v) is 13.0. The van der Waals surface area contributed by atoms with Crippen LogP contribution in [0.3, 0.4) is 0 Å². The molecule has 0 aliphatic heterocycles. The minimum atomic E-state index is -3.38. The number of carbonyl (C=O) groups excluding carboxylic acids is 2. The molecule has 0 saturated heterocycles. The van der Waals surface area contributed by atoms with Gasteiger partial charge in [0.2, 0.25) is 15.9 Å². The zero-order valence-electron chi connectivity index (χ0n) is 24.4. The van der Waals surface area contributed by atoms with Crippen LogP contribution in [0.4, 0.5) is 5.69 Å². The predicted octanol–water partition coefficient (Wildman–Crippen LogP) is 5.12. The van der Waals surface area contributed by atoms with Crippen LogP contribution in [0.5, 0.6) is 0 Å². The minimum absolute atomic E-state index is 0.0862. The molecule has 0 atom stereocenters. The van der Waals surface area contributed by atoms with E-state index in [-0.39, 0.29) is 11.8 Å². The molecule has 2 aliphatic rings.